The van der Waals surface area contributed by atoms with Crippen LogP contribution in [0.3, 0.4) is 0 Å². The lowest BCUT2D eigenvalue weighted by Gasteiger charge is -2.29. The number of hydrogen-bond donors (Lipinski definition) is 0. The molecule has 118 valence electrons. The molecule has 0 saturated carbocycles. The number of hydrogen-bond acceptors (Lipinski definition) is 5. The van der Waals surface area contributed by atoms with Gasteiger partial charge in [-0.05, 0) is 39.8 Å². The quantitative estimate of drug-likeness (QED) is 0.837. The number of Topliss-reactive ketones (excluding diaryl/α,β-unsaturated/α-hetero) is 1. The molecule has 2 rings (SSSR count). The number of carbonyl (C=O) groups excluding carboxylic acids is 1. The number of anilines is 1. The van der Waals surface area contributed by atoms with Gasteiger partial charge in [-0.1, -0.05) is 25.2 Å². The Labute approximate surface area is 132 Å². The van der Waals surface area contributed by atoms with Crippen LogP contribution in [0.4, 0.5) is 5.13 Å². The molecule has 0 N–H and O–H groups in total. The molecule has 0 bridgehead atoms. The molecule has 5 heteroatoms. The van der Waals surface area contributed by atoms with Crippen molar-refractivity contribution in [2.75, 3.05) is 32.1 Å². The summed E-state index contributed by atoms with van der Waals surface area (Å²) >= 11 is 1.58. The Morgan fingerprint density at radius 3 is 2.57 bits per heavy atom. The second-order valence-electron chi connectivity index (χ2n) is 7.11. The number of nitrogens with zero attached hydrogens (tertiary/aromatic N) is 3. The van der Waals surface area contributed by atoms with Crippen molar-refractivity contribution < 1.29 is 4.79 Å². The lowest BCUT2D eigenvalue weighted by Crippen LogP contribution is -2.40. The first-order valence-corrected chi connectivity index (χ1v) is 8.49. The van der Waals surface area contributed by atoms with Crippen molar-refractivity contribution in [2.45, 2.75) is 46.6 Å². The molecule has 0 aliphatic heterocycles. The SMILES string of the molecule is CCN(c1nc2c(s1)C(=O)CC(C)(C)C2)C(C)CN(C)C. The first kappa shape index (κ1) is 16.4. The Hall–Kier alpha value is -0.940. The van der Waals surface area contributed by atoms with E-state index in [2.05, 4.69) is 51.6 Å². The van der Waals surface area contributed by atoms with Gasteiger partial charge >= 0.3 is 0 Å². The minimum Gasteiger partial charge on any atom is -0.344 e. The van der Waals surface area contributed by atoms with Crippen LogP contribution in [0.2, 0.25) is 0 Å². The molecule has 0 spiro atoms. The Morgan fingerprint density at radius 2 is 2.00 bits per heavy atom. The first-order chi connectivity index (χ1) is 9.73. The number of fused-ring (bicyclic) bond motifs is 1. The summed E-state index contributed by atoms with van der Waals surface area (Å²) in [4.78, 5) is 22.5. The molecule has 4 nitrogen and oxygen atoms in total. The van der Waals surface area contributed by atoms with Crippen LogP contribution in [-0.2, 0) is 6.42 Å². The zero-order valence-corrected chi connectivity index (χ0v) is 14.9. The van der Waals surface area contributed by atoms with Crippen LogP contribution in [0.25, 0.3) is 0 Å². The molecule has 1 aliphatic rings. The summed E-state index contributed by atoms with van der Waals surface area (Å²) in [6.07, 6.45) is 1.55. The molecular formula is C16H27N3OS. The van der Waals surface area contributed by atoms with Crippen LogP contribution in [0.15, 0.2) is 0 Å². The van der Waals surface area contributed by atoms with Crippen molar-refractivity contribution >= 4 is 22.3 Å². The van der Waals surface area contributed by atoms with E-state index in [9.17, 15) is 4.79 Å². The number of likely N-dealkylation sites (N-methyl/N-ethyl adjacent to an activating group) is 2. The maximum Gasteiger partial charge on any atom is 0.186 e. The predicted octanol–water partition coefficient (Wildman–Crippen LogP) is 3.07. The maximum absolute atomic E-state index is 12.3. The zero-order chi connectivity index (χ0) is 15.8. The second-order valence-corrected chi connectivity index (χ2v) is 8.09. The molecule has 0 fully saturated rings. The standard InChI is InChI=1S/C16H27N3OS/c1-7-19(11(2)10-18(5)6)15-17-12-8-16(3,4)9-13(20)14(12)21-15/h11H,7-10H2,1-6H3. The van der Waals surface area contributed by atoms with E-state index in [1.54, 1.807) is 11.3 Å². The smallest absolute Gasteiger partial charge is 0.186 e. The fraction of sp³-hybridized carbons (Fsp3) is 0.750. The highest BCUT2D eigenvalue weighted by Crippen LogP contribution is 2.39. The third kappa shape index (κ3) is 3.64. The van der Waals surface area contributed by atoms with Gasteiger partial charge in [0.25, 0.3) is 0 Å². The fourth-order valence-electron chi connectivity index (χ4n) is 3.09. The zero-order valence-electron chi connectivity index (χ0n) is 14.1. The molecule has 0 amide bonds. The van der Waals surface area contributed by atoms with Crippen LogP contribution in [-0.4, -0.2) is 48.9 Å². The van der Waals surface area contributed by atoms with Crippen molar-refractivity contribution in [3.05, 3.63) is 10.6 Å². The van der Waals surface area contributed by atoms with Crippen LogP contribution in [0.1, 0.15) is 49.5 Å². The number of ketones is 1. The lowest BCUT2D eigenvalue weighted by atomic mass is 9.78. The van der Waals surface area contributed by atoms with Gasteiger partial charge in [-0.3, -0.25) is 4.79 Å². The van der Waals surface area contributed by atoms with E-state index in [0.717, 1.165) is 35.2 Å². The highest BCUT2D eigenvalue weighted by atomic mass is 32.1. The third-order valence-corrected chi connectivity index (χ3v) is 5.15. The van der Waals surface area contributed by atoms with Gasteiger partial charge in [0.15, 0.2) is 10.9 Å². The summed E-state index contributed by atoms with van der Waals surface area (Å²) < 4.78 is 0. The molecule has 0 aromatic carbocycles. The van der Waals surface area contributed by atoms with Gasteiger partial charge < -0.3 is 9.80 Å². The largest absolute Gasteiger partial charge is 0.344 e. The summed E-state index contributed by atoms with van der Waals surface area (Å²) in [5.41, 5.74) is 1.05. The fourth-order valence-corrected chi connectivity index (χ4v) is 4.28. The Kier molecular flexibility index (Phi) is 4.73. The van der Waals surface area contributed by atoms with Gasteiger partial charge in [0.2, 0.25) is 0 Å². The maximum atomic E-state index is 12.3. The molecule has 0 saturated heterocycles. The molecule has 1 heterocycles. The summed E-state index contributed by atoms with van der Waals surface area (Å²) in [6.45, 7) is 10.6. The number of thiazole rings is 1. The predicted molar refractivity (Wildman–Crippen MR) is 89.6 cm³/mol. The summed E-state index contributed by atoms with van der Waals surface area (Å²) in [7, 11) is 4.17. The summed E-state index contributed by atoms with van der Waals surface area (Å²) in [5.74, 6) is 0.265. The van der Waals surface area contributed by atoms with Gasteiger partial charge in [-0.25, -0.2) is 4.98 Å². The van der Waals surface area contributed by atoms with Gasteiger partial charge in [0.1, 0.15) is 0 Å². The molecule has 1 atom stereocenters. The van der Waals surface area contributed by atoms with Crippen LogP contribution < -0.4 is 4.90 Å². The van der Waals surface area contributed by atoms with E-state index in [0.29, 0.717) is 12.5 Å². The highest BCUT2D eigenvalue weighted by Gasteiger charge is 2.34. The van der Waals surface area contributed by atoms with E-state index in [1.165, 1.54) is 0 Å². The molecule has 1 aliphatic carbocycles. The number of rotatable bonds is 5. The Morgan fingerprint density at radius 1 is 1.33 bits per heavy atom. The van der Waals surface area contributed by atoms with Crippen molar-refractivity contribution in [3.63, 3.8) is 0 Å². The van der Waals surface area contributed by atoms with Crippen molar-refractivity contribution in [1.82, 2.24) is 9.88 Å². The van der Waals surface area contributed by atoms with E-state index in [4.69, 9.17) is 4.98 Å². The molecule has 1 aromatic rings. The summed E-state index contributed by atoms with van der Waals surface area (Å²) in [5, 5.41) is 1.00. The summed E-state index contributed by atoms with van der Waals surface area (Å²) in [6, 6.07) is 0.390. The molecular weight excluding hydrogens is 282 g/mol. The van der Waals surface area contributed by atoms with Gasteiger partial charge in [-0.2, -0.15) is 0 Å². The van der Waals surface area contributed by atoms with Crippen molar-refractivity contribution in [3.8, 4) is 0 Å². The Balaban J connectivity index is 2.27. The molecule has 0 radical (unpaired) electrons. The topological polar surface area (TPSA) is 36.4 Å². The van der Waals surface area contributed by atoms with Crippen molar-refractivity contribution in [2.24, 2.45) is 5.41 Å². The second kappa shape index (κ2) is 6.05. The first-order valence-electron chi connectivity index (χ1n) is 7.68. The minimum absolute atomic E-state index is 0.0434. The van der Waals surface area contributed by atoms with E-state index in [-0.39, 0.29) is 11.2 Å². The van der Waals surface area contributed by atoms with Crippen LogP contribution >= 0.6 is 11.3 Å². The molecule has 21 heavy (non-hydrogen) atoms. The number of carbonyl (C=O) groups is 1. The lowest BCUT2D eigenvalue weighted by molar-refractivity contribution is 0.0916. The normalized spacial score (nSPS) is 18.7. The van der Waals surface area contributed by atoms with Gasteiger partial charge in [-0.15, -0.1) is 0 Å². The average Bonchev–Trinajstić information content (AvgIpc) is 2.70. The van der Waals surface area contributed by atoms with Gasteiger partial charge in [0, 0.05) is 25.6 Å². The molecule has 1 unspecified atom stereocenters. The Bertz CT molecular complexity index is 522. The van der Waals surface area contributed by atoms with Crippen LogP contribution in [0, 0.1) is 5.41 Å². The highest BCUT2D eigenvalue weighted by molar-refractivity contribution is 7.17. The third-order valence-electron chi connectivity index (χ3n) is 3.97. The average molecular weight is 309 g/mol. The minimum atomic E-state index is 0.0434. The molecule has 1 aromatic heterocycles. The van der Waals surface area contributed by atoms with Gasteiger partial charge in [0.05, 0.1) is 10.6 Å². The monoisotopic (exact) mass is 309 g/mol. The number of aromatic nitrogens is 1. The van der Waals surface area contributed by atoms with E-state index < -0.39 is 0 Å². The van der Waals surface area contributed by atoms with E-state index in [1.807, 2.05) is 0 Å². The van der Waals surface area contributed by atoms with E-state index >= 15 is 0 Å². The van der Waals surface area contributed by atoms with Crippen LogP contribution in [0.5, 0.6) is 0 Å². The van der Waals surface area contributed by atoms with Crippen molar-refractivity contribution in [1.29, 1.82) is 0 Å².